The maximum atomic E-state index is 11.7. The Morgan fingerprint density at radius 3 is 2.50 bits per heavy atom. The first kappa shape index (κ1) is 18.5. The number of hydrogen-bond donors (Lipinski definition) is 1. The molecule has 2 aromatic carbocycles. The molecule has 1 amide bonds. The lowest BCUT2D eigenvalue weighted by Gasteiger charge is -2.08. The topological polar surface area (TPSA) is 47.6 Å². The largest absolute Gasteiger partial charge is 0.484 e. The van der Waals surface area contributed by atoms with Crippen LogP contribution >= 0.6 is 15.9 Å². The van der Waals surface area contributed by atoms with Crippen LogP contribution in [-0.4, -0.2) is 32.3 Å². The van der Waals surface area contributed by atoms with Crippen LogP contribution in [0, 0.1) is 0 Å². The lowest BCUT2D eigenvalue weighted by Crippen LogP contribution is -2.30. The molecule has 4 nitrogen and oxygen atoms in total. The Bertz CT molecular complexity index is 602. The third kappa shape index (κ3) is 7.62. The van der Waals surface area contributed by atoms with Crippen molar-refractivity contribution in [1.29, 1.82) is 0 Å². The van der Waals surface area contributed by atoms with Crippen molar-refractivity contribution >= 4 is 21.8 Å². The highest BCUT2D eigenvalue weighted by Gasteiger charge is 2.02. The molecule has 1 N–H and O–H groups in total. The summed E-state index contributed by atoms with van der Waals surface area (Å²) < 4.78 is 12.0. The molecule has 24 heavy (non-hydrogen) atoms. The quantitative estimate of drug-likeness (QED) is 0.629. The van der Waals surface area contributed by atoms with E-state index in [4.69, 9.17) is 9.47 Å². The van der Waals surface area contributed by atoms with Gasteiger partial charge in [-0.05, 0) is 42.7 Å². The van der Waals surface area contributed by atoms with Crippen LogP contribution < -0.4 is 10.1 Å². The van der Waals surface area contributed by atoms with E-state index in [1.54, 1.807) is 0 Å². The number of benzene rings is 2. The van der Waals surface area contributed by atoms with Gasteiger partial charge in [0.25, 0.3) is 5.91 Å². The van der Waals surface area contributed by atoms with Crippen molar-refractivity contribution < 1.29 is 14.3 Å². The third-order valence-electron chi connectivity index (χ3n) is 3.35. The van der Waals surface area contributed by atoms with Crippen LogP contribution in [0.15, 0.2) is 59.1 Å². The van der Waals surface area contributed by atoms with E-state index in [0.717, 1.165) is 17.3 Å². The second-order valence-corrected chi connectivity index (χ2v) is 6.21. The minimum atomic E-state index is -0.123. The van der Waals surface area contributed by atoms with E-state index in [2.05, 4.69) is 33.4 Å². The van der Waals surface area contributed by atoms with Gasteiger partial charge in [-0.25, -0.2) is 0 Å². The second-order valence-electron chi connectivity index (χ2n) is 5.29. The summed E-state index contributed by atoms with van der Waals surface area (Å²) in [7, 11) is 0. The Balaban J connectivity index is 1.46. The van der Waals surface area contributed by atoms with Crippen molar-refractivity contribution in [3.05, 3.63) is 64.6 Å². The molecule has 5 heteroatoms. The maximum Gasteiger partial charge on any atom is 0.257 e. The highest BCUT2D eigenvalue weighted by Crippen LogP contribution is 2.15. The summed E-state index contributed by atoms with van der Waals surface area (Å²) in [5.41, 5.74) is 1.27. The smallest absolute Gasteiger partial charge is 0.257 e. The maximum absolute atomic E-state index is 11.7. The first-order chi connectivity index (χ1) is 11.7. The monoisotopic (exact) mass is 391 g/mol. The van der Waals surface area contributed by atoms with Gasteiger partial charge in [0, 0.05) is 17.6 Å². The predicted molar refractivity (Wildman–Crippen MR) is 98.2 cm³/mol. The molecule has 0 heterocycles. The number of carbonyl (C=O) groups excluding carboxylic acids is 1. The number of carbonyl (C=O) groups is 1. The summed E-state index contributed by atoms with van der Waals surface area (Å²) >= 11 is 3.35. The van der Waals surface area contributed by atoms with Gasteiger partial charge in [-0.15, -0.1) is 0 Å². The Morgan fingerprint density at radius 2 is 1.75 bits per heavy atom. The predicted octanol–water partition coefficient (Wildman–Crippen LogP) is 3.59. The average Bonchev–Trinajstić information content (AvgIpc) is 2.61. The standard InChI is InChI=1S/C19H22BrNO3/c20-17-7-9-18(10-8-17)24-15-19(22)21-12-4-13-23-14-11-16-5-2-1-3-6-16/h1-3,5-10H,4,11-15H2,(H,21,22). The molecule has 0 aliphatic rings. The van der Waals surface area contributed by atoms with Crippen LogP contribution in [0.2, 0.25) is 0 Å². The molecule has 0 saturated carbocycles. The summed E-state index contributed by atoms with van der Waals surface area (Å²) in [6.45, 7) is 1.95. The van der Waals surface area contributed by atoms with Crippen LogP contribution in [0.4, 0.5) is 0 Å². The molecule has 2 rings (SSSR count). The van der Waals surface area contributed by atoms with Gasteiger partial charge < -0.3 is 14.8 Å². The number of ether oxygens (including phenoxy) is 2. The summed E-state index contributed by atoms with van der Waals surface area (Å²) in [5, 5.41) is 2.82. The van der Waals surface area contributed by atoms with Gasteiger partial charge in [0.15, 0.2) is 6.61 Å². The van der Waals surface area contributed by atoms with Gasteiger partial charge in [0.05, 0.1) is 6.61 Å². The summed E-state index contributed by atoms with van der Waals surface area (Å²) in [4.78, 5) is 11.7. The molecule has 128 valence electrons. The summed E-state index contributed by atoms with van der Waals surface area (Å²) in [6, 6.07) is 17.6. The molecule has 0 aromatic heterocycles. The number of rotatable bonds is 10. The molecule has 0 unspecified atom stereocenters. The summed E-state index contributed by atoms with van der Waals surface area (Å²) in [5.74, 6) is 0.555. The van der Waals surface area contributed by atoms with E-state index in [-0.39, 0.29) is 12.5 Å². The van der Waals surface area contributed by atoms with E-state index in [9.17, 15) is 4.79 Å². The molecular weight excluding hydrogens is 370 g/mol. The zero-order valence-corrected chi connectivity index (χ0v) is 15.1. The van der Waals surface area contributed by atoms with E-state index in [0.29, 0.717) is 25.5 Å². The van der Waals surface area contributed by atoms with Crippen molar-refractivity contribution in [3.8, 4) is 5.75 Å². The fraction of sp³-hybridized carbons (Fsp3) is 0.316. The molecular formula is C19H22BrNO3. The van der Waals surface area contributed by atoms with E-state index in [1.807, 2.05) is 42.5 Å². The number of nitrogens with one attached hydrogen (secondary N) is 1. The van der Waals surface area contributed by atoms with Gasteiger partial charge in [0.1, 0.15) is 5.75 Å². The van der Waals surface area contributed by atoms with Gasteiger partial charge in [-0.2, -0.15) is 0 Å². The molecule has 0 aliphatic carbocycles. The van der Waals surface area contributed by atoms with Crippen LogP contribution in [0.1, 0.15) is 12.0 Å². The van der Waals surface area contributed by atoms with Crippen LogP contribution in [0.25, 0.3) is 0 Å². The Labute approximate surface area is 151 Å². The van der Waals surface area contributed by atoms with E-state index < -0.39 is 0 Å². The fourth-order valence-electron chi connectivity index (χ4n) is 2.07. The Kier molecular flexibility index (Phi) is 8.35. The molecule has 0 bridgehead atoms. The lowest BCUT2D eigenvalue weighted by molar-refractivity contribution is -0.123. The zero-order chi connectivity index (χ0) is 17.0. The van der Waals surface area contributed by atoms with Crippen molar-refractivity contribution in [2.24, 2.45) is 0 Å². The van der Waals surface area contributed by atoms with E-state index >= 15 is 0 Å². The number of hydrogen-bond acceptors (Lipinski definition) is 3. The van der Waals surface area contributed by atoms with Crippen LogP contribution in [0.3, 0.4) is 0 Å². The van der Waals surface area contributed by atoms with Crippen LogP contribution in [0.5, 0.6) is 5.75 Å². The molecule has 0 saturated heterocycles. The van der Waals surface area contributed by atoms with Crippen molar-refractivity contribution in [1.82, 2.24) is 5.32 Å². The van der Waals surface area contributed by atoms with Gasteiger partial charge in [-0.3, -0.25) is 4.79 Å². The molecule has 0 spiro atoms. The van der Waals surface area contributed by atoms with Crippen molar-refractivity contribution in [2.45, 2.75) is 12.8 Å². The first-order valence-corrected chi connectivity index (χ1v) is 8.80. The molecule has 0 aliphatic heterocycles. The van der Waals surface area contributed by atoms with E-state index in [1.165, 1.54) is 5.56 Å². The molecule has 0 fully saturated rings. The SMILES string of the molecule is O=C(COc1ccc(Br)cc1)NCCCOCCc1ccccc1. The molecule has 0 atom stereocenters. The van der Waals surface area contributed by atoms with Gasteiger partial charge in [0.2, 0.25) is 0 Å². The van der Waals surface area contributed by atoms with Gasteiger partial charge in [-0.1, -0.05) is 46.3 Å². The zero-order valence-electron chi connectivity index (χ0n) is 13.5. The summed E-state index contributed by atoms with van der Waals surface area (Å²) in [6.07, 6.45) is 1.70. The average molecular weight is 392 g/mol. The normalized spacial score (nSPS) is 10.4. The highest BCUT2D eigenvalue weighted by molar-refractivity contribution is 9.10. The van der Waals surface area contributed by atoms with Gasteiger partial charge >= 0.3 is 0 Å². The molecule has 2 aromatic rings. The number of halogens is 1. The molecule has 0 radical (unpaired) electrons. The second kappa shape index (κ2) is 10.8. The fourth-order valence-corrected chi connectivity index (χ4v) is 2.33. The minimum Gasteiger partial charge on any atom is -0.484 e. The van der Waals surface area contributed by atoms with Crippen molar-refractivity contribution in [2.75, 3.05) is 26.4 Å². The Hall–Kier alpha value is -1.85. The van der Waals surface area contributed by atoms with Crippen molar-refractivity contribution in [3.63, 3.8) is 0 Å². The lowest BCUT2D eigenvalue weighted by atomic mass is 10.2. The third-order valence-corrected chi connectivity index (χ3v) is 3.88. The number of amides is 1. The van der Waals surface area contributed by atoms with Crippen LogP contribution in [-0.2, 0) is 16.0 Å². The minimum absolute atomic E-state index is 0.0243. The first-order valence-electron chi connectivity index (χ1n) is 8.01. The highest BCUT2D eigenvalue weighted by atomic mass is 79.9. The Morgan fingerprint density at radius 1 is 1.00 bits per heavy atom.